The van der Waals surface area contributed by atoms with E-state index in [0.717, 1.165) is 54.5 Å². The van der Waals surface area contributed by atoms with Crippen molar-refractivity contribution < 1.29 is 9.47 Å². The number of aromatic amines is 1. The van der Waals surface area contributed by atoms with E-state index in [9.17, 15) is 4.79 Å². The molecule has 3 heterocycles. The van der Waals surface area contributed by atoms with Crippen LogP contribution >= 0.6 is 0 Å². The van der Waals surface area contributed by atoms with Crippen LogP contribution in [0.2, 0.25) is 0 Å². The van der Waals surface area contributed by atoms with Gasteiger partial charge in [0.25, 0.3) is 5.56 Å². The number of rotatable bonds is 7. The first-order valence-electron chi connectivity index (χ1n) is 10.7. The lowest BCUT2D eigenvalue weighted by Gasteiger charge is -2.17. The van der Waals surface area contributed by atoms with Gasteiger partial charge < -0.3 is 9.47 Å². The largest absolute Gasteiger partial charge is 0.493 e. The van der Waals surface area contributed by atoms with Crippen LogP contribution in [0, 0.1) is 6.92 Å². The van der Waals surface area contributed by atoms with Gasteiger partial charge in [0.05, 0.1) is 13.7 Å². The summed E-state index contributed by atoms with van der Waals surface area (Å²) in [5.41, 5.74) is 4.61. The van der Waals surface area contributed by atoms with Crippen LogP contribution in [0.4, 0.5) is 0 Å². The van der Waals surface area contributed by atoms with Gasteiger partial charge in [0.2, 0.25) is 0 Å². The maximum atomic E-state index is 12.7. The predicted octanol–water partition coefficient (Wildman–Crippen LogP) is 3.29. The first kappa shape index (κ1) is 20.5. The Labute approximate surface area is 176 Å². The van der Waals surface area contributed by atoms with E-state index >= 15 is 0 Å². The molecule has 1 aliphatic rings. The molecule has 4 rings (SSSR count). The number of aromatic nitrogens is 3. The van der Waals surface area contributed by atoms with Crippen LogP contribution in [-0.2, 0) is 13.0 Å². The van der Waals surface area contributed by atoms with E-state index < -0.39 is 0 Å². The van der Waals surface area contributed by atoms with Gasteiger partial charge in [0.15, 0.2) is 17.1 Å². The van der Waals surface area contributed by atoms with E-state index in [1.807, 2.05) is 32.9 Å². The molecule has 1 aromatic carbocycles. The molecule has 30 heavy (non-hydrogen) atoms. The Morgan fingerprint density at radius 2 is 2.07 bits per heavy atom. The fourth-order valence-electron chi connectivity index (χ4n) is 4.38. The summed E-state index contributed by atoms with van der Waals surface area (Å²) in [6.45, 7) is 9.30. The van der Waals surface area contributed by atoms with Gasteiger partial charge in [0, 0.05) is 42.0 Å². The smallest absolute Gasteiger partial charge is 0.276 e. The van der Waals surface area contributed by atoms with Crippen molar-refractivity contribution in [1.82, 2.24) is 19.5 Å². The Morgan fingerprint density at radius 3 is 2.80 bits per heavy atom. The number of nitrogens with zero attached hydrogens (tertiary/aromatic N) is 3. The zero-order chi connectivity index (χ0) is 21.3. The summed E-state index contributed by atoms with van der Waals surface area (Å²) in [4.78, 5) is 19.8. The second-order valence-electron chi connectivity index (χ2n) is 7.88. The highest BCUT2D eigenvalue weighted by molar-refractivity contribution is 5.44. The van der Waals surface area contributed by atoms with E-state index in [0.29, 0.717) is 24.6 Å². The number of methoxy groups -OCH3 is 1. The number of hydrogen-bond acceptors (Lipinski definition) is 5. The average Bonchev–Trinajstić information content (AvgIpc) is 3.36. The van der Waals surface area contributed by atoms with Gasteiger partial charge in [-0.1, -0.05) is 13.0 Å². The molecule has 0 bridgehead atoms. The molecule has 0 saturated carbocycles. The van der Waals surface area contributed by atoms with Crippen molar-refractivity contribution in [3.63, 3.8) is 0 Å². The lowest BCUT2D eigenvalue weighted by atomic mass is 10.1. The van der Waals surface area contributed by atoms with Gasteiger partial charge >= 0.3 is 0 Å². The number of hydrogen-bond donors (Lipinski definition) is 1. The van der Waals surface area contributed by atoms with E-state index in [1.54, 1.807) is 11.6 Å². The monoisotopic (exact) mass is 410 g/mol. The molecular weight excluding hydrogens is 380 g/mol. The molecule has 0 aliphatic carbocycles. The van der Waals surface area contributed by atoms with Gasteiger partial charge in [-0.25, -0.2) is 9.50 Å². The van der Waals surface area contributed by atoms with Crippen LogP contribution in [0.3, 0.4) is 0 Å². The van der Waals surface area contributed by atoms with Gasteiger partial charge in [-0.3, -0.25) is 14.8 Å². The average molecular weight is 411 g/mol. The van der Waals surface area contributed by atoms with Crippen molar-refractivity contribution in [2.75, 3.05) is 26.8 Å². The number of H-pyrrole nitrogens is 1. The summed E-state index contributed by atoms with van der Waals surface area (Å²) < 4.78 is 12.7. The highest BCUT2D eigenvalue weighted by Gasteiger charge is 2.26. The molecule has 1 unspecified atom stereocenters. The normalized spacial score (nSPS) is 17.0. The fourth-order valence-corrected chi connectivity index (χ4v) is 4.38. The lowest BCUT2D eigenvalue weighted by Crippen LogP contribution is -2.22. The third-order valence-electron chi connectivity index (χ3n) is 5.93. The van der Waals surface area contributed by atoms with Crippen molar-refractivity contribution in [2.24, 2.45) is 0 Å². The molecule has 7 nitrogen and oxygen atoms in total. The van der Waals surface area contributed by atoms with Crippen molar-refractivity contribution in [1.29, 1.82) is 0 Å². The standard InChI is InChI=1S/C23H30N4O3/c1-5-18-15(3)24-22-12-19(25-27(22)23(18)28)17-9-10-26(14-17)13-16-7-8-20(29-4)21(11-16)30-6-2/h7-8,11-12,17,25H,5-6,9-10,13-14H2,1-4H3. The van der Waals surface area contributed by atoms with Gasteiger partial charge in [0.1, 0.15) is 0 Å². The number of likely N-dealkylation sites (tertiary alicyclic amines) is 1. The van der Waals surface area contributed by atoms with Crippen LogP contribution < -0.4 is 15.0 Å². The van der Waals surface area contributed by atoms with Gasteiger partial charge in [-0.05, 0) is 50.9 Å². The highest BCUT2D eigenvalue weighted by Crippen LogP contribution is 2.31. The first-order valence-corrected chi connectivity index (χ1v) is 10.7. The van der Waals surface area contributed by atoms with E-state index in [2.05, 4.69) is 27.1 Å². The zero-order valence-electron chi connectivity index (χ0n) is 18.2. The number of benzene rings is 1. The van der Waals surface area contributed by atoms with Crippen LogP contribution in [0.5, 0.6) is 11.5 Å². The molecule has 1 saturated heterocycles. The fraction of sp³-hybridized carbons (Fsp3) is 0.478. The second kappa shape index (κ2) is 8.52. The quantitative estimate of drug-likeness (QED) is 0.647. The molecule has 7 heteroatoms. The van der Waals surface area contributed by atoms with E-state index in [4.69, 9.17) is 9.47 Å². The maximum absolute atomic E-state index is 12.7. The Hall–Kier alpha value is -2.80. The van der Waals surface area contributed by atoms with Gasteiger partial charge in [-0.15, -0.1) is 0 Å². The van der Waals surface area contributed by atoms with Crippen LogP contribution in [0.1, 0.15) is 48.7 Å². The molecule has 1 atom stereocenters. The van der Waals surface area contributed by atoms with Crippen LogP contribution in [0.25, 0.3) is 5.65 Å². The van der Waals surface area contributed by atoms with Crippen LogP contribution in [-0.4, -0.2) is 46.3 Å². The Morgan fingerprint density at radius 1 is 1.23 bits per heavy atom. The molecule has 2 aromatic heterocycles. The number of nitrogens with one attached hydrogen (secondary N) is 1. The highest BCUT2D eigenvalue weighted by atomic mass is 16.5. The summed E-state index contributed by atoms with van der Waals surface area (Å²) in [7, 11) is 1.66. The molecule has 1 aliphatic heterocycles. The molecule has 1 N–H and O–H groups in total. The zero-order valence-corrected chi connectivity index (χ0v) is 18.2. The number of aryl methyl sites for hydroxylation is 1. The summed E-state index contributed by atoms with van der Waals surface area (Å²) >= 11 is 0. The van der Waals surface area contributed by atoms with Crippen LogP contribution in [0.15, 0.2) is 29.1 Å². The minimum Gasteiger partial charge on any atom is -0.493 e. The summed E-state index contributed by atoms with van der Waals surface area (Å²) in [5, 5.41) is 3.31. The molecule has 0 spiro atoms. The van der Waals surface area contributed by atoms with Gasteiger partial charge in [-0.2, -0.15) is 0 Å². The summed E-state index contributed by atoms with van der Waals surface area (Å²) in [6, 6.07) is 8.16. The van der Waals surface area contributed by atoms with Crippen molar-refractivity contribution in [2.45, 2.75) is 46.1 Å². The second-order valence-corrected chi connectivity index (χ2v) is 7.88. The maximum Gasteiger partial charge on any atom is 0.276 e. The molecule has 0 amide bonds. The lowest BCUT2D eigenvalue weighted by molar-refractivity contribution is 0.305. The number of fused-ring (bicyclic) bond motifs is 1. The third-order valence-corrected chi connectivity index (χ3v) is 5.93. The Bertz CT molecular complexity index is 1100. The van der Waals surface area contributed by atoms with Crippen molar-refractivity contribution >= 4 is 5.65 Å². The van der Waals surface area contributed by atoms with Crippen molar-refractivity contribution in [3.05, 3.63) is 57.1 Å². The topological polar surface area (TPSA) is 71.9 Å². The third kappa shape index (κ3) is 3.81. The van der Waals surface area contributed by atoms with Crippen molar-refractivity contribution in [3.8, 4) is 11.5 Å². The van der Waals surface area contributed by atoms with E-state index in [-0.39, 0.29) is 5.56 Å². The minimum atomic E-state index is 0.0165. The Balaban J connectivity index is 1.50. The SMILES string of the molecule is CCOc1cc(CN2CCC(c3cc4nc(C)c(CC)c(=O)n4[nH]3)C2)ccc1OC. The molecule has 3 aromatic rings. The first-order chi connectivity index (χ1) is 14.5. The minimum absolute atomic E-state index is 0.0165. The van der Waals surface area contributed by atoms with E-state index in [1.165, 1.54) is 5.56 Å². The Kier molecular flexibility index (Phi) is 5.81. The summed E-state index contributed by atoms with van der Waals surface area (Å²) in [6.07, 6.45) is 1.74. The molecule has 160 valence electrons. The summed E-state index contributed by atoms with van der Waals surface area (Å²) in [5.74, 6) is 1.91. The molecule has 0 radical (unpaired) electrons. The molecule has 1 fully saturated rings. The number of ether oxygens (including phenoxy) is 2. The molecular formula is C23H30N4O3. The predicted molar refractivity (Wildman–Crippen MR) is 117 cm³/mol.